The number of hydrogen-bond donors (Lipinski definition) is 2. The van der Waals surface area contributed by atoms with Crippen LogP contribution in [0.25, 0.3) is 0 Å². The van der Waals surface area contributed by atoms with Crippen LogP contribution in [0.2, 0.25) is 0 Å². The number of nitrogens with one attached hydrogen (secondary N) is 2. The Balaban J connectivity index is 0. The van der Waals surface area contributed by atoms with E-state index in [-0.39, 0.29) is 24.8 Å². The number of nitrogens with zero attached hydrogens (tertiary/aromatic N) is 2. The van der Waals surface area contributed by atoms with Crippen molar-refractivity contribution < 1.29 is 33.8 Å². The monoisotopic (exact) mass is 580 g/mol. The van der Waals surface area contributed by atoms with Gasteiger partial charge in [-0.25, -0.2) is 0 Å². The molecule has 0 bridgehead atoms. The molecule has 2 unspecified atom stereocenters. The molecule has 2 fully saturated rings. The third kappa shape index (κ3) is 14.4. The molecule has 6 heteroatoms. The zero-order chi connectivity index (χ0) is 26.5. The van der Waals surface area contributed by atoms with E-state index in [1.54, 1.807) is 0 Å². The molecule has 2 saturated heterocycles. The van der Waals surface area contributed by atoms with Crippen LogP contribution in [0.5, 0.6) is 0 Å². The first-order valence-corrected chi connectivity index (χ1v) is 16.7. The average molecular weight is 582 g/mol. The lowest BCUT2D eigenvalue weighted by Crippen LogP contribution is -3.00. The highest BCUT2D eigenvalue weighted by Gasteiger charge is 2.38. The van der Waals surface area contributed by atoms with E-state index in [0.29, 0.717) is 0 Å². The van der Waals surface area contributed by atoms with E-state index < -0.39 is 0 Å². The molecule has 2 heterocycles. The molecule has 4 nitrogen and oxygen atoms in total. The molecule has 0 saturated carbocycles. The van der Waals surface area contributed by atoms with Crippen LogP contribution in [0.3, 0.4) is 0 Å². The van der Waals surface area contributed by atoms with Gasteiger partial charge < -0.3 is 44.4 Å². The van der Waals surface area contributed by atoms with Gasteiger partial charge in [0, 0.05) is 39.0 Å². The Morgan fingerprint density at radius 3 is 1.03 bits per heavy atom. The number of quaternary nitrogens is 2. The van der Waals surface area contributed by atoms with Gasteiger partial charge in [-0.1, -0.05) is 80.1 Å². The second-order valence-electron chi connectivity index (χ2n) is 12.2. The lowest BCUT2D eigenvalue weighted by Gasteiger charge is -2.48. The summed E-state index contributed by atoms with van der Waals surface area (Å²) in [5.74, 6) is 0. The third-order valence-corrected chi connectivity index (χ3v) is 9.39. The maximum Gasteiger partial charge on any atom is 0.102 e. The fourth-order valence-corrected chi connectivity index (χ4v) is 6.82. The molecule has 232 valence electrons. The summed E-state index contributed by atoms with van der Waals surface area (Å²) in [6, 6.07) is 1.77. The van der Waals surface area contributed by atoms with Crippen molar-refractivity contribution in [2.45, 2.75) is 144 Å². The molecule has 2 aliphatic rings. The Kier molecular flexibility index (Phi) is 26.8. The molecule has 0 aliphatic carbocycles. The fourth-order valence-electron chi connectivity index (χ4n) is 6.82. The highest BCUT2D eigenvalue weighted by molar-refractivity contribution is 4.72. The van der Waals surface area contributed by atoms with Gasteiger partial charge in [0.2, 0.25) is 0 Å². The molecule has 2 aliphatic heterocycles. The van der Waals surface area contributed by atoms with Gasteiger partial charge in [0.1, 0.15) is 12.1 Å². The van der Waals surface area contributed by atoms with E-state index in [1.807, 2.05) is 0 Å². The molecule has 38 heavy (non-hydrogen) atoms. The van der Waals surface area contributed by atoms with Gasteiger partial charge in [0.15, 0.2) is 0 Å². The summed E-state index contributed by atoms with van der Waals surface area (Å²) in [6.45, 7) is 27.4. The summed E-state index contributed by atoms with van der Waals surface area (Å²) >= 11 is 0. The minimum Gasteiger partial charge on any atom is -1.00 e. The molecule has 0 spiro atoms. The summed E-state index contributed by atoms with van der Waals surface area (Å²) in [6.07, 6.45) is 19.4. The smallest absolute Gasteiger partial charge is 0.102 e. The van der Waals surface area contributed by atoms with Crippen molar-refractivity contribution in [1.29, 1.82) is 0 Å². The molecule has 2 rings (SSSR count). The van der Waals surface area contributed by atoms with E-state index >= 15 is 0 Å². The van der Waals surface area contributed by atoms with Crippen molar-refractivity contribution in [3.8, 4) is 0 Å². The highest BCUT2D eigenvalue weighted by atomic mass is 35.5. The molecule has 0 aromatic carbocycles. The lowest BCUT2D eigenvalue weighted by atomic mass is 10.0. The van der Waals surface area contributed by atoms with Crippen LogP contribution in [0, 0.1) is 0 Å². The number of hydrogen-bond acceptors (Lipinski definition) is 2. The van der Waals surface area contributed by atoms with Crippen LogP contribution in [0.1, 0.15) is 131 Å². The van der Waals surface area contributed by atoms with E-state index in [2.05, 4.69) is 52.2 Å². The number of rotatable bonds is 18. The molecular formula is C32H70Cl2N4. The second kappa shape index (κ2) is 25.2. The maximum absolute atomic E-state index is 3.64. The van der Waals surface area contributed by atoms with Gasteiger partial charge >= 0.3 is 0 Å². The van der Waals surface area contributed by atoms with Crippen molar-refractivity contribution in [3.05, 3.63) is 0 Å². The van der Waals surface area contributed by atoms with E-state index in [9.17, 15) is 0 Å². The Hall–Kier alpha value is 0.420. The van der Waals surface area contributed by atoms with Gasteiger partial charge in [-0.2, -0.15) is 0 Å². The normalized spacial score (nSPS) is 21.9. The number of piperazine rings is 2. The minimum atomic E-state index is 0. The van der Waals surface area contributed by atoms with Crippen molar-refractivity contribution >= 4 is 0 Å². The van der Waals surface area contributed by atoms with E-state index in [1.165, 1.54) is 164 Å². The van der Waals surface area contributed by atoms with Crippen LogP contribution in [-0.4, -0.2) is 86.5 Å². The molecule has 0 amide bonds. The van der Waals surface area contributed by atoms with Gasteiger partial charge in [-0.05, 0) is 38.5 Å². The Bertz CT molecular complexity index is 446. The topological polar surface area (TPSA) is 24.1 Å². The summed E-state index contributed by atoms with van der Waals surface area (Å²) in [7, 11) is 0. The van der Waals surface area contributed by atoms with Crippen molar-refractivity contribution in [2.24, 2.45) is 0 Å². The summed E-state index contributed by atoms with van der Waals surface area (Å²) in [5.41, 5.74) is 0. The van der Waals surface area contributed by atoms with Crippen LogP contribution >= 0.6 is 0 Å². The summed E-state index contributed by atoms with van der Waals surface area (Å²) in [5, 5.41) is 7.27. The second-order valence-corrected chi connectivity index (χ2v) is 12.2. The Labute approximate surface area is 252 Å². The van der Waals surface area contributed by atoms with Crippen LogP contribution in [-0.2, 0) is 0 Å². The first kappa shape index (κ1) is 40.6. The first-order valence-electron chi connectivity index (χ1n) is 16.7. The SMILES string of the molecule is CCCCC1CNCC[N+]1(CCCC)CCCC.CCCCC1CNCC[N+]1(CCCC)CCCC.[Cl-].[Cl-]. The van der Waals surface area contributed by atoms with Gasteiger partial charge in [0.25, 0.3) is 0 Å². The van der Waals surface area contributed by atoms with E-state index in [4.69, 9.17) is 0 Å². The average Bonchev–Trinajstić information content (AvgIpc) is 2.92. The molecule has 2 atom stereocenters. The predicted octanol–water partition coefficient (Wildman–Crippen LogP) is 1.14. The van der Waals surface area contributed by atoms with Crippen LogP contribution in [0.15, 0.2) is 0 Å². The number of unbranched alkanes of at least 4 members (excludes halogenated alkanes) is 6. The number of halogens is 2. The fraction of sp³-hybridized carbons (Fsp3) is 1.00. The van der Waals surface area contributed by atoms with Gasteiger partial charge in [-0.3, -0.25) is 0 Å². The zero-order valence-corrected chi connectivity index (χ0v) is 28.3. The summed E-state index contributed by atoms with van der Waals surface area (Å²) < 4.78 is 2.85. The standard InChI is InChI=1S/2C16H35N2.2ClH/c2*1-4-7-10-16-15-17-11-14-18(16,12-8-5-2)13-9-6-3;;/h2*16-17H,4-15H2,1-3H3;2*1H/q2*+1;;/p-2. The molecule has 0 aromatic rings. The van der Waals surface area contributed by atoms with Crippen molar-refractivity contribution in [3.63, 3.8) is 0 Å². The molecule has 0 aromatic heterocycles. The maximum atomic E-state index is 3.64. The highest BCUT2D eigenvalue weighted by Crippen LogP contribution is 2.25. The Morgan fingerprint density at radius 2 is 0.763 bits per heavy atom. The van der Waals surface area contributed by atoms with Gasteiger partial charge in [-0.15, -0.1) is 0 Å². The van der Waals surface area contributed by atoms with Crippen molar-refractivity contribution in [2.75, 3.05) is 65.4 Å². The van der Waals surface area contributed by atoms with Gasteiger partial charge in [0.05, 0.1) is 39.3 Å². The lowest BCUT2D eigenvalue weighted by molar-refractivity contribution is -0.953. The zero-order valence-electron chi connectivity index (χ0n) is 26.8. The van der Waals surface area contributed by atoms with E-state index in [0.717, 1.165) is 12.1 Å². The predicted molar refractivity (Wildman–Crippen MR) is 162 cm³/mol. The quantitative estimate of drug-likeness (QED) is 0.238. The molecular weight excluding hydrogens is 511 g/mol. The van der Waals surface area contributed by atoms with Crippen LogP contribution in [0.4, 0.5) is 0 Å². The van der Waals surface area contributed by atoms with Crippen LogP contribution < -0.4 is 35.4 Å². The minimum absolute atomic E-state index is 0. The molecule has 0 radical (unpaired) electrons. The summed E-state index contributed by atoms with van der Waals surface area (Å²) in [4.78, 5) is 0. The largest absolute Gasteiger partial charge is 1.00 e. The third-order valence-electron chi connectivity index (χ3n) is 9.39. The first-order chi connectivity index (χ1) is 17.6. The van der Waals surface area contributed by atoms with Crippen molar-refractivity contribution in [1.82, 2.24) is 10.6 Å². The Morgan fingerprint density at radius 1 is 0.474 bits per heavy atom. The molecule has 2 N–H and O–H groups in total.